The topological polar surface area (TPSA) is 406 Å². The first-order chi connectivity index (χ1) is 61.3. The van der Waals surface area contributed by atoms with Crippen molar-refractivity contribution in [2.24, 2.45) is 10.3 Å². The first-order valence-electron chi connectivity index (χ1n) is 39.3. The molecule has 13 rings (SSSR count). The second-order valence-electron chi connectivity index (χ2n) is 26.9. The number of likely N-dealkylation sites (N-methyl/N-ethyl adjacent to an activating group) is 2. The Kier molecular flexibility index (Phi) is 40.3. The number of nitrogens with zero attached hydrogens (tertiary/aromatic N) is 11. The minimum Gasteiger partial charge on any atom is -0.548 e. The predicted molar refractivity (Wildman–Crippen MR) is 520 cm³/mol. The average Bonchev–Trinajstić information content (AvgIpc) is 1.67. The maximum atomic E-state index is 12.9. The number of H-pyrrole nitrogens is 1. The number of amides is 4. The van der Waals surface area contributed by atoms with Gasteiger partial charge in [0.25, 0.3) is 49.4 Å². The van der Waals surface area contributed by atoms with E-state index in [1.807, 2.05) is 119 Å². The fourth-order valence-corrected chi connectivity index (χ4v) is 21.9. The minimum atomic E-state index is -4.37. The molecule has 0 saturated carbocycles. The Morgan fingerprint density at radius 2 is 1.04 bits per heavy atom. The van der Waals surface area contributed by atoms with Gasteiger partial charge in [-0.25, -0.2) is 19.1 Å². The molecule has 5 aromatic rings. The maximum absolute atomic E-state index is 12.9. The summed E-state index contributed by atoms with van der Waals surface area (Å²) >= 11 is 30.0. The van der Waals surface area contributed by atoms with Gasteiger partial charge >= 0.3 is 69.3 Å². The van der Waals surface area contributed by atoms with Crippen molar-refractivity contribution in [3.05, 3.63) is 238 Å². The van der Waals surface area contributed by atoms with Crippen LogP contribution in [0.4, 0.5) is 5.69 Å². The molecule has 32 nitrogen and oxygen atoms in total. The second-order valence-corrected chi connectivity index (χ2v) is 39.6. The van der Waals surface area contributed by atoms with Crippen LogP contribution in [0.25, 0.3) is 17.8 Å². The van der Waals surface area contributed by atoms with E-state index in [-0.39, 0.29) is 101 Å². The van der Waals surface area contributed by atoms with Gasteiger partial charge in [-0.3, -0.25) is 57.4 Å². The number of allylic oxidation sites excluding steroid dienone is 12. The molecule has 0 bridgehead atoms. The van der Waals surface area contributed by atoms with Gasteiger partial charge in [-0.05, 0) is 205 Å². The number of hydrogen-bond donors (Lipinski definition) is 4. The largest absolute Gasteiger partial charge is 1.00 e. The summed E-state index contributed by atoms with van der Waals surface area (Å²) in [6, 6.07) is 19.7. The summed E-state index contributed by atoms with van der Waals surface area (Å²) in [7, 11) is -8.74. The Labute approximate surface area is 844 Å². The number of oxime groups is 1. The van der Waals surface area contributed by atoms with Crippen LogP contribution in [0.5, 0.6) is 5.88 Å². The molecule has 8 aliphatic rings. The number of hydrogen-bond acceptors (Lipinski definition) is 34. The fourth-order valence-electron chi connectivity index (χ4n) is 12.4. The molecule has 2 aromatic heterocycles. The van der Waals surface area contributed by atoms with Crippen molar-refractivity contribution in [3.8, 4) is 11.6 Å². The van der Waals surface area contributed by atoms with Gasteiger partial charge in [0.1, 0.15) is 28.5 Å². The molecular weight excluding hydrogens is 1950 g/mol. The first kappa shape index (κ1) is 107. The SMILES string of the molecule is CC1=NN(c2ccc(S(=O)(=O)O)cc2)C(=O)/C1=C\C=C\c1c(C)[nH]n(-c2ccc(S(=O)(=O)O)cc2)c1=O.CCN1C(=O)/C(=C\C=C\c2sc(=S)n(CC)c2O)SC1=S.CCN1CCS/C1=C\C=C1/C(=O)ON=C1c1ccccc1.CCOC(=O)C1=C(C)N(CC)/C(=C/C=C2/SC(=S)N(CC(=O)[O-])C2=O)S1.CCOC(=O)C1=C(C)N(CC)/C(=C/C=C2/SC(=S)N(CC)C2=O)S1.[K+]. The second kappa shape index (κ2) is 49.0. The van der Waals surface area contributed by atoms with Gasteiger partial charge in [-0.15, -0.1) is 23.1 Å². The third-order valence-electron chi connectivity index (χ3n) is 18.9. The smallest absolute Gasteiger partial charge is 0.548 e. The number of nitrogens with one attached hydrogen (secondary N) is 1. The van der Waals surface area contributed by atoms with E-state index in [0.29, 0.717) is 121 Å². The van der Waals surface area contributed by atoms with E-state index in [2.05, 4.69) is 27.2 Å². The van der Waals surface area contributed by atoms with Crippen molar-refractivity contribution in [2.45, 2.75) is 99.4 Å². The molecule has 4 fully saturated rings. The summed E-state index contributed by atoms with van der Waals surface area (Å²) < 4.78 is 78.1. The molecule has 0 aliphatic carbocycles. The van der Waals surface area contributed by atoms with Gasteiger partial charge in [0.2, 0.25) is 5.88 Å². The number of carboxylic acids is 1. The zero-order chi connectivity index (χ0) is 94.6. The van der Waals surface area contributed by atoms with Gasteiger partial charge in [0, 0.05) is 74.2 Å². The standard InChI is InChI=1S/C23H20N4O8S2.C16H18N2O5S3.C16H20N2O3S3.C16H16N2O2S.C13H14N2O2S4.K/c1-14-20(22(28)26(24-14)16-6-10-18(11-7-16)36(30,31)32)4-3-5-21-15(2)25-27(23(21)29)17-8-12-19(13-9-17)37(33,34)35;1-4-17-9(3)13(15(22)23-5-2)26-11(17)7-6-10-14(21)18(8-12(19)20)16(24)25-10;1-5-17-10(4)13(15(20)21-7-3)24-12(17)9-8-11-14(19)18(6-2)16(22)23-11;1-2-18-10-11-21-14(18)9-8-13-15(17-20-16(13)19)12-6-4-3-5-7-12;1-3-14-10(16)8(20-12(14)18)6-5-7-9-11(17)15(4-2)13(19)21-9;/h3-13,24H,1-2H3,(H,30,31,32)(H,33,34,35);6-7H,4-5,8H2,1-3H3,(H,19,20);8-9H,5-7H2,1-4H3;3-9H,2,10-11H2,1H3;5-7,16H,3-4H2,1-2H3;/q;;;;;+1/p-1/b4-3+,21-5-;10-6+,11-7-;11-8+,12-9-;13-8-,14-9-;6-5+,9-7+;. The number of aromatic nitrogens is 3. The van der Waals surface area contributed by atoms with Crippen molar-refractivity contribution in [3.63, 3.8) is 0 Å². The number of benzene rings is 3. The number of esters is 2. The summed E-state index contributed by atoms with van der Waals surface area (Å²) in [6.07, 6.45) is 20.5. The first-order valence-corrected chi connectivity index (χ1v) is 49.7. The van der Waals surface area contributed by atoms with Crippen LogP contribution in [0, 0.1) is 10.9 Å². The van der Waals surface area contributed by atoms with E-state index >= 15 is 0 Å². The van der Waals surface area contributed by atoms with Gasteiger partial charge in [0.05, 0.1) is 104 Å². The Balaban J connectivity index is 0.000000204. The summed E-state index contributed by atoms with van der Waals surface area (Å²) in [6.45, 7) is 27.6. The molecule has 3 aromatic carbocycles. The van der Waals surface area contributed by atoms with Crippen molar-refractivity contribution < 1.29 is 140 Å². The van der Waals surface area contributed by atoms with E-state index in [1.54, 1.807) is 78.5 Å². The number of carbonyl (C=O) groups is 8. The van der Waals surface area contributed by atoms with E-state index in [9.17, 15) is 70.2 Å². The molecule has 46 heteroatoms. The molecule has 4 amide bonds. The summed E-state index contributed by atoms with van der Waals surface area (Å²) in [4.78, 5) is 127. The van der Waals surface area contributed by atoms with E-state index in [0.717, 1.165) is 86.2 Å². The zero-order valence-electron chi connectivity index (χ0n) is 72.2. The van der Waals surface area contributed by atoms with Crippen molar-refractivity contribution in [1.82, 2.24) is 43.7 Å². The number of carbonyl (C=O) groups excluding carboxylic acids is 8. The van der Waals surface area contributed by atoms with Crippen molar-refractivity contribution >= 4 is 241 Å². The van der Waals surface area contributed by atoms with Crippen LogP contribution in [-0.2, 0) is 79.4 Å². The Morgan fingerprint density at radius 3 is 1.50 bits per heavy atom. The summed E-state index contributed by atoms with van der Waals surface area (Å²) in [5.74, 6) is -2.26. The van der Waals surface area contributed by atoms with Crippen molar-refractivity contribution in [2.75, 3.05) is 69.8 Å². The number of aryl methyl sites for hydroxylation is 1. The van der Waals surface area contributed by atoms with Gasteiger partial charge < -0.3 is 44.0 Å². The summed E-state index contributed by atoms with van der Waals surface area (Å²) in [5.41, 5.74) is 5.37. The number of aromatic hydroxyl groups is 1. The van der Waals surface area contributed by atoms with E-state index < -0.39 is 56.1 Å². The summed E-state index contributed by atoms with van der Waals surface area (Å²) in [5, 5.41) is 35.7. The molecule has 0 spiro atoms. The van der Waals surface area contributed by atoms with Crippen LogP contribution in [0.15, 0.2) is 227 Å². The van der Waals surface area contributed by atoms with E-state index in [1.165, 1.54) is 123 Å². The Morgan fingerprint density at radius 1 is 0.562 bits per heavy atom. The molecule has 8 aliphatic heterocycles. The predicted octanol–water partition coefficient (Wildman–Crippen LogP) is 10.5. The minimum absolute atomic E-state index is 0. The molecule has 4 N–H and O–H groups in total. The quantitative estimate of drug-likeness (QED) is 0.0111. The van der Waals surface area contributed by atoms with Gasteiger partial charge in [0.15, 0.2) is 3.95 Å². The number of carboxylic acid groups (broad SMARTS) is 1. The molecule has 682 valence electrons. The van der Waals surface area contributed by atoms with Gasteiger partial charge in [-0.2, -0.15) is 26.9 Å². The van der Waals surface area contributed by atoms with Crippen LogP contribution in [0.3, 0.4) is 0 Å². The molecular formula is C84H87KN12O20S13. The normalized spacial score (nSPS) is 19.0. The number of ether oxygens (including phenoxy) is 2. The third-order valence-corrected chi connectivity index (χ3v) is 29.8. The zero-order valence-corrected chi connectivity index (χ0v) is 86.0. The van der Waals surface area contributed by atoms with E-state index in [4.69, 9.17) is 72.3 Å². The average molecular weight is 2040 g/mol. The number of anilines is 1. The maximum Gasteiger partial charge on any atom is 1.00 e. The molecule has 0 radical (unpaired) electrons. The molecule has 0 atom stereocenters. The molecule has 0 unspecified atom stereocenters. The van der Waals surface area contributed by atoms with Crippen LogP contribution in [0.2, 0.25) is 0 Å². The number of thiazole rings is 1. The Hall–Kier alpha value is -8.47. The molecule has 10 heterocycles. The number of hydrazone groups is 1. The number of aliphatic carboxylic acids is 1. The third kappa shape index (κ3) is 26.5. The molecule has 4 saturated heterocycles. The number of thiocarbonyl (C=S) groups is 3. The molecule has 130 heavy (non-hydrogen) atoms. The van der Waals surface area contributed by atoms with Gasteiger partial charge in [-0.1, -0.05) is 143 Å². The van der Waals surface area contributed by atoms with Crippen LogP contribution in [-0.4, -0.2) is 211 Å². The fraction of sp³-hybridized carbons (Fsp3) is 0.274. The number of aromatic amines is 1. The number of thioether (sulfide) groups is 6. The Bertz CT molecular complexity index is 6180. The van der Waals surface area contributed by atoms with Crippen LogP contribution >= 0.6 is 131 Å². The van der Waals surface area contributed by atoms with Crippen LogP contribution < -0.4 is 67.1 Å². The number of rotatable bonds is 24. The van der Waals surface area contributed by atoms with Crippen LogP contribution in [0.1, 0.15) is 97.9 Å². The van der Waals surface area contributed by atoms with Crippen molar-refractivity contribution in [1.29, 1.82) is 0 Å². The monoisotopic (exact) mass is 2040 g/mol.